The summed E-state index contributed by atoms with van der Waals surface area (Å²) in [4.78, 5) is 4.26. The van der Waals surface area contributed by atoms with E-state index >= 15 is 0 Å². The van der Waals surface area contributed by atoms with Crippen molar-refractivity contribution in [3.05, 3.63) is 35.9 Å². The molecule has 1 rings (SSSR count). The number of aliphatic imine (C=N–C) groups is 1. The summed E-state index contributed by atoms with van der Waals surface area (Å²) in [6.07, 6.45) is 4.34. The lowest BCUT2D eigenvalue weighted by Crippen LogP contribution is -2.43. The Morgan fingerprint density at radius 2 is 1.90 bits per heavy atom. The van der Waals surface area contributed by atoms with Crippen molar-refractivity contribution >= 4 is 17.7 Å². The molecule has 0 bridgehead atoms. The van der Waals surface area contributed by atoms with Gasteiger partial charge in [0, 0.05) is 24.9 Å². The average Bonchev–Trinajstić information content (AvgIpc) is 2.47. The van der Waals surface area contributed by atoms with Gasteiger partial charge in [-0.05, 0) is 38.5 Å². The molecule has 112 valence electrons. The van der Waals surface area contributed by atoms with Crippen LogP contribution in [0.4, 0.5) is 0 Å². The largest absolute Gasteiger partial charge is 0.356 e. The molecule has 0 heterocycles. The van der Waals surface area contributed by atoms with Crippen LogP contribution in [0.3, 0.4) is 0 Å². The van der Waals surface area contributed by atoms with Crippen molar-refractivity contribution in [2.75, 3.05) is 26.4 Å². The summed E-state index contributed by atoms with van der Waals surface area (Å²) in [6, 6.07) is 10.6. The maximum absolute atomic E-state index is 4.26. The van der Waals surface area contributed by atoms with Crippen LogP contribution in [0.1, 0.15) is 25.8 Å². The van der Waals surface area contributed by atoms with Crippen molar-refractivity contribution in [1.82, 2.24) is 10.6 Å². The highest BCUT2D eigenvalue weighted by Gasteiger charge is 2.15. The molecule has 0 saturated heterocycles. The summed E-state index contributed by atoms with van der Waals surface area (Å²) < 4.78 is 0.224. The smallest absolute Gasteiger partial charge is 0.191 e. The van der Waals surface area contributed by atoms with E-state index in [0.29, 0.717) is 0 Å². The van der Waals surface area contributed by atoms with Gasteiger partial charge in [0.1, 0.15) is 0 Å². The zero-order chi connectivity index (χ0) is 14.8. The number of nitrogens with one attached hydrogen (secondary N) is 2. The van der Waals surface area contributed by atoms with Gasteiger partial charge in [0.25, 0.3) is 0 Å². The topological polar surface area (TPSA) is 36.4 Å². The number of nitrogens with zero attached hydrogens (tertiary/aromatic N) is 1. The van der Waals surface area contributed by atoms with E-state index in [2.05, 4.69) is 66.1 Å². The van der Waals surface area contributed by atoms with Gasteiger partial charge in [0.15, 0.2) is 5.96 Å². The average molecular weight is 293 g/mol. The van der Waals surface area contributed by atoms with E-state index in [1.54, 1.807) is 0 Å². The van der Waals surface area contributed by atoms with Crippen LogP contribution < -0.4 is 10.6 Å². The van der Waals surface area contributed by atoms with Crippen molar-refractivity contribution in [2.45, 2.75) is 31.4 Å². The first-order valence-electron chi connectivity index (χ1n) is 7.11. The van der Waals surface area contributed by atoms with Crippen molar-refractivity contribution in [3.63, 3.8) is 0 Å². The van der Waals surface area contributed by atoms with Gasteiger partial charge in [0.2, 0.25) is 0 Å². The van der Waals surface area contributed by atoms with Gasteiger partial charge in [-0.3, -0.25) is 4.99 Å². The molecule has 4 heteroatoms. The van der Waals surface area contributed by atoms with Gasteiger partial charge in [-0.25, -0.2) is 0 Å². The van der Waals surface area contributed by atoms with E-state index in [1.807, 2.05) is 18.8 Å². The second kappa shape index (κ2) is 8.90. The molecule has 0 saturated carbocycles. The monoisotopic (exact) mass is 293 g/mol. The Kier molecular flexibility index (Phi) is 7.52. The Labute approximate surface area is 127 Å². The van der Waals surface area contributed by atoms with Gasteiger partial charge in [-0.15, -0.1) is 0 Å². The Morgan fingerprint density at radius 3 is 2.50 bits per heavy atom. The van der Waals surface area contributed by atoms with Gasteiger partial charge in [0.05, 0.1) is 0 Å². The fourth-order valence-corrected chi connectivity index (χ4v) is 1.95. The first-order chi connectivity index (χ1) is 9.57. The van der Waals surface area contributed by atoms with Crippen LogP contribution in [0.25, 0.3) is 0 Å². The van der Waals surface area contributed by atoms with Crippen molar-refractivity contribution in [3.8, 4) is 0 Å². The molecule has 2 N–H and O–H groups in total. The number of aryl methyl sites for hydroxylation is 1. The molecular formula is C16H27N3S. The zero-order valence-corrected chi connectivity index (χ0v) is 13.9. The third kappa shape index (κ3) is 6.85. The van der Waals surface area contributed by atoms with Crippen LogP contribution in [0.5, 0.6) is 0 Å². The quantitative estimate of drug-likeness (QED) is 0.461. The molecule has 1 aromatic carbocycles. The van der Waals surface area contributed by atoms with E-state index in [0.717, 1.165) is 31.9 Å². The van der Waals surface area contributed by atoms with Crippen LogP contribution in [-0.4, -0.2) is 37.1 Å². The van der Waals surface area contributed by atoms with Gasteiger partial charge in [-0.2, -0.15) is 11.8 Å². The predicted octanol–water partition coefficient (Wildman–Crippen LogP) is 2.93. The molecule has 20 heavy (non-hydrogen) atoms. The fraction of sp³-hybridized carbons (Fsp3) is 0.562. The van der Waals surface area contributed by atoms with Crippen LogP contribution in [0, 0.1) is 0 Å². The maximum Gasteiger partial charge on any atom is 0.191 e. The minimum Gasteiger partial charge on any atom is -0.356 e. The summed E-state index contributed by atoms with van der Waals surface area (Å²) >= 11 is 1.86. The highest BCUT2D eigenvalue weighted by molar-refractivity contribution is 7.99. The number of benzene rings is 1. The molecule has 0 aromatic heterocycles. The second-order valence-electron chi connectivity index (χ2n) is 5.41. The summed E-state index contributed by atoms with van der Waals surface area (Å²) in [7, 11) is 1.82. The molecule has 0 aliphatic heterocycles. The molecule has 0 atom stereocenters. The van der Waals surface area contributed by atoms with E-state index in [1.165, 1.54) is 5.56 Å². The van der Waals surface area contributed by atoms with Crippen LogP contribution in [0.15, 0.2) is 35.3 Å². The minimum absolute atomic E-state index is 0.224. The third-order valence-corrected chi connectivity index (χ3v) is 4.48. The highest BCUT2D eigenvalue weighted by Crippen LogP contribution is 2.19. The van der Waals surface area contributed by atoms with Crippen molar-refractivity contribution < 1.29 is 0 Å². The first kappa shape index (κ1) is 16.9. The number of thioether (sulfide) groups is 1. The standard InChI is InChI=1S/C16H27N3S/c1-16(2,20-4)13-19-15(17-3)18-12-8-11-14-9-6-5-7-10-14/h5-7,9-10H,8,11-13H2,1-4H3,(H2,17,18,19). The Morgan fingerprint density at radius 1 is 1.20 bits per heavy atom. The molecule has 1 aromatic rings. The van der Waals surface area contributed by atoms with Crippen LogP contribution in [0.2, 0.25) is 0 Å². The van der Waals surface area contributed by atoms with Crippen molar-refractivity contribution in [1.29, 1.82) is 0 Å². The lowest BCUT2D eigenvalue weighted by Gasteiger charge is -2.23. The number of guanidine groups is 1. The Balaban J connectivity index is 2.22. The first-order valence-corrected chi connectivity index (χ1v) is 8.33. The molecule has 0 amide bonds. The SMILES string of the molecule is CN=C(NCCCc1ccccc1)NCC(C)(C)SC. The summed E-state index contributed by atoms with van der Waals surface area (Å²) in [5, 5.41) is 6.74. The predicted molar refractivity (Wildman–Crippen MR) is 91.7 cm³/mol. The van der Waals surface area contributed by atoms with Crippen molar-refractivity contribution in [2.24, 2.45) is 4.99 Å². The lowest BCUT2D eigenvalue weighted by molar-refractivity contribution is 0.659. The van der Waals surface area contributed by atoms with Gasteiger partial charge in [-0.1, -0.05) is 30.3 Å². The van der Waals surface area contributed by atoms with E-state index < -0.39 is 0 Å². The molecule has 0 aliphatic carbocycles. The number of hydrogen-bond donors (Lipinski definition) is 2. The summed E-state index contributed by atoms with van der Waals surface area (Å²) in [6.45, 7) is 6.31. The van der Waals surface area contributed by atoms with E-state index in [-0.39, 0.29) is 4.75 Å². The molecule has 0 spiro atoms. The fourth-order valence-electron chi connectivity index (χ4n) is 1.73. The van der Waals surface area contributed by atoms with Gasteiger partial charge < -0.3 is 10.6 Å². The van der Waals surface area contributed by atoms with Crippen LogP contribution >= 0.6 is 11.8 Å². The minimum atomic E-state index is 0.224. The Bertz CT molecular complexity index is 401. The normalized spacial score (nSPS) is 12.3. The molecule has 0 fully saturated rings. The molecule has 0 aliphatic rings. The van der Waals surface area contributed by atoms with E-state index in [9.17, 15) is 0 Å². The van der Waals surface area contributed by atoms with Crippen LogP contribution in [-0.2, 0) is 6.42 Å². The molecular weight excluding hydrogens is 266 g/mol. The number of hydrogen-bond acceptors (Lipinski definition) is 2. The molecule has 3 nitrogen and oxygen atoms in total. The highest BCUT2D eigenvalue weighted by atomic mass is 32.2. The third-order valence-electron chi connectivity index (χ3n) is 3.24. The van der Waals surface area contributed by atoms with Gasteiger partial charge >= 0.3 is 0 Å². The number of rotatable bonds is 7. The zero-order valence-electron chi connectivity index (χ0n) is 13.1. The maximum atomic E-state index is 4.26. The molecule has 0 unspecified atom stereocenters. The summed E-state index contributed by atoms with van der Waals surface area (Å²) in [5.41, 5.74) is 1.39. The Hall–Kier alpha value is -1.16. The van der Waals surface area contributed by atoms with E-state index in [4.69, 9.17) is 0 Å². The second-order valence-corrected chi connectivity index (χ2v) is 6.92. The summed E-state index contributed by atoms with van der Waals surface area (Å²) in [5.74, 6) is 0.889. The lowest BCUT2D eigenvalue weighted by atomic mass is 10.1. The molecule has 0 radical (unpaired) electrons.